The molecule has 0 unspecified atom stereocenters. The topological polar surface area (TPSA) is 83.4 Å². The Balaban J connectivity index is 1.81. The van der Waals surface area contributed by atoms with Gasteiger partial charge >= 0.3 is 11.9 Å². The molecule has 150 valence electrons. The Morgan fingerprint density at radius 2 is 1.97 bits per heavy atom. The van der Waals surface area contributed by atoms with Crippen molar-refractivity contribution < 1.29 is 28.5 Å². The molecular weight excluding hydrogens is 374 g/mol. The van der Waals surface area contributed by atoms with Crippen LogP contribution < -0.4 is 9.47 Å². The van der Waals surface area contributed by atoms with Crippen LogP contribution in [0.5, 0.6) is 11.5 Å². The Hall–Kier alpha value is -3.61. The van der Waals surface area contributed by atoms with Crippen molar-refractivity contribution in [3.05, 3.63) is 64.9 Å². The van der Waals surface area contributed by atoms with Gasteiger partial charge in [0, 0.05) is 5.56 Å². The summed E-state index contributed by atoms with van der Waals surface area (Å²) in [6.45, 7) is 3.71. The number of nitrogens with zero attached hydrogens (tertiary/aromatic N) is 1. The zero-order chi connectivity index (χ0) is 20.8. The maximum atomic E-state index is 12.2. The van der Waals surface area contributed by atoms with Crippen molar-refractivity contribution in [3.63, 3.8) is 0 Å². The number of carbonyl (C=O) groups is 2. The van der Waals surface area contributed by atoms with E-state index in [9.17, 15) is 9.59 Å². The van der Waals surface area contributed by atoms with Gasteiger partial charge in [0.05, 0.1) is 13.7 Å². The van der Waals surface area contributed by atoms with Gasteiger partial charge in [-0.05, 0) is 49.2 Å². The molecule has 1 aliphatic heterocycles. The van der Waals surface area contributed by atoms with E-state index in [2.05, 4.69) is 4.99 Å². The lowest BCUT2D eigenvalue weighted by Crippen LogP contribution is -2.14. The second-order valence-electron chi connectivity index (χ2n) is 6.15. The van der Waals surface area contributed by atoms with Gasteiger partial charge in [0.15, 0.2) is 23.8 Å². The van der Waals surface area contributed by atoms with Crippen LogP contribution in [0.4, 0.5) is 0 Å². The highest BCUT2D eigenvalue weighted by Crippen LogP contribution is 2.30. The van der Waals surface area contributed by atoms with Crippen molar-refractivity contribution in [2.75, 3.05) is 20.3 Å². The molecule has 0 radical (unpaired) electrons. The molecule has 7 heteroatoms. The lowest BCUT2D eigenvalue weighted by atomic mass is 10.1. The number of aliphatic imine (C=N–C) groups is 1. The van der Waals surface area contributed by atoms with Crippen LogP contribution in [0.1, 0.15) is 23.6 Å². The third-order valence-electron chi connectivity index (χ3n) is 4.14. The smallest absolute Gasteiger partial charge is 0.363 e. The minimum Gasteiger partial charge on any atom is -0.493 e. The van der Waals surface area contributed by atoms with Crippen molar-refractivity contribution in [1.29, 1.82) is 0 Å². The van der Waals surface area contributed by atoms with Crippen molar-refractivity contribution in [2.45, 2.75) is 13.8 Å². The van der Waals surface area contributed by atoms with Gasteiger partial charge in [-0.1, -0.05) is 24.3 Å². The third-order valence-corrected chi connectivity index (χ3v) is 4.14. The molecule has 0 saturated carbocycles. The van der Waals surface area contributed by atoms with Gasteiger partial charge in [0.25, 0.3) is 0 Å². The molecule has 1 aliphatic rings. The first-order chi connectivity index (χ1) is 14.0. The number of methoxy groups -OCH3 is 1. The molecule has 0 atom stereocenters. The first kappa shape index (κ1) is 20.1. The van der Waals surface area contributed by atoms with Crippen LogP contribution in [0.2, 0.25) is 0 Å². The minimum absolute atomic E-state index is 0.186. The van der Waals surface area contributed by atoms with Crippen LogP contribution in [-0.4, -0.2) is 38.2 Å². The summed E-state index contributed by atoms with van der Waals surface area (Å²) in [5, 5.41) is 0. The van der Waals surface area contributed by atoms with Crippen molar-refractivity contribution in [3.8, 4) is 11.5 Å². The molecule has 7 nitrogen and oxygen atoms in total. The monoisotopic (exact) mass is 395 g/mol. The molecule has 0 fully saturated rings. The van der Waals surface area contributed by atoms with Crippen molar-refractivity contribution in [1.82, 2.24) is 0 Å². The lowest BCUT2D eigenvalue weighted by molar-refractivity contribution is -0.145. The van der Waals surface area contributed by atoms with Crippen molar-refractivity contribution in [2.24, 2.45) is 4.99 Å². The Kier molecular flexibility index (Phi) is 6.29. The van der Waals surface area contributed by atoms with Crippen molar-refractivity contribution >= 4 is 23.9 Å². The van der Waals surface area contributed by atoms with Crippen LogP contribution in [0.25, 0.3) is 6.08 Å². The second-order valence-corrected chi connectivity index (χ2v) is 6.15. The number of rotatable bonds is 7. The molecule has 0 N–H and O–H groups in total. The number of hydrogen-bond acceptors (Lipinski definition) is 7. The largest absolute Gasteiger partial charge is 0.493 e. The Morgan fingerprint density at radius 1 is 1.17 bits per heavy atom. The molecule has 29 heavy (non-hydrogen) atoms. The number of ether oxygens (including phenoxy) is 4. The first-order valence-corrected chi connectivity index (χ1v) is 9.07. The van der Waals surface area contributed by atoms with E-state index in [0.717, 1.165) is 11.1 Å². The fraction of sp³-hybridized carbons (Fsp3) is 0.227. The summed E-state index contributed by atoms with van der Waals surface area (Å²) in [5.41, 5.74) is 2.59. The number of aryl methyl sites for hydroxylation is 1. The first-order valence-electron chi connectivity index (χ1n) is 9.07. The van der Waals surface area contributed by atoms with Gasteiger partial charge in [0.1, 0.15) is 0 Å². The number of benzene rings is 2. The van der Waals surface area contributed by atoms with Gasteiger partial charge < -0.3 is 18.9 Å². The summed E-state index contributed by atoms with van der Waals surface area (Å²) < 4.78 is 20.9. The molecular formula is C22H21NO6. The standard InChI is InChI=1S/C22H21NO6/c1-4-27-20(24)13-28-18-10-9-15(12-19(18)26-3)11-17-22(25)29-21(23-17)16-8-6-5-7-14(16)2/h5-12H,4,13H2,1-3H3/b17-11+. The molecule has 1 heterocycles. The Bertz CT molecular complexity index is 993. The van der Waals surface area contributed by atoms with Gasteiger partial charge in [-0.15, -0.1) is 0 Å². The van der Waals surface area contributed by atoms with E-state index in [4.69, 9.17) is 18.9 Å². The van der Waals surface area contributed by atoms with E-state index in [1.807, 2.05) is 31.2 Å². The Labute approximate surface area is 168 Å². The summed E-state index contributed by atoms with van der Waals surface area (Å²) >= 11 is 0. The van der Waals surface area contributed by atoms with Crippen LogP contribution in [0, 0.1) is 6.92 Å². The number of hydrogen-bond donors (Lipinski definition) is 0. The third kappa shape index (κ3) is 4.82. The van der Waals surface area contributed by atoms with Gasteiger partial charge in [0.2, 0.25) is 5.90 Å². The SMILES string of the molecule is CCOC(=O)COc1ccc(/C=C2/N=C(c3ccccc3C)OC2=O)cc1OC. The second kappa shape index (κ2) is 9.05. The average Bonchev–Trinajstić information content (AvgIpc) is 3.07. The molecule has 2 aromatic rings. The maximum absolute atomic E-state index is 12.2. The predicted molar refractivity (Wildman–Crippen MR) is 107 cm³/mol. The number of cyclic esters (lactones) is 1. The fourth-order valence-corrected chi connectivity index (χ4v) is 2.73. The summed E-state index contributed by atoms with van der Waals surface area (Å²) in [6, 6.07) is 12.6. The van der Waals surface area contributed by atoms with E-state index in [0.29, 0.717) is 17.1 Å². The van der Waals surface area contributed by atoms with E-state index in [1.54, 1.807) is 31.2 Å². The molecule has 0 spiro atoms. The van der Waals surface area contributed by atoms with Gasteiger partial charge in [-0.3, -0.25) is 0 Å². The highest BCUT2D eigenvalue weighted by molar-refractivity contribution is 6.13. The zero-order valence-corrected chi connectivity index (χ0v) is 16.4. The Morgan fingerprint density at radius 3 is 2.69 bits per heavy atom. The van der Waals surface area contributed by atoms with E-state index < -0.39 is 11.9 Å². The van der Waals surface area contributed by atoms with Gasteiger partial charge in [-0.25, -0.2) is 14.6 Å². The average molecular weight is 395 g/mol. The van der Waals surface area contributed by atoms with Crippen LogP contribution in [0.15, 0.2) is 53.2 Å². The fourth-order valence-electron chi connectivity index (χ4n) is 2.73. The van der Waals surface area contributed by atoms with Crippen LogP contribution >= 0.6 is 0 Å². The molecule has 0 bridgehead atoms. The van der Waals surface area contributed by atoms with Crippen LogP contribution in [0.3, 0.4) is 0 Å². The summed E-state index contributed by atoms with van der Waals surface area (Å²) in [7, 11) is 1.49. The summed E-state index contributed by atoms with van der Waals surface area (Å²) in [6.07, 6.45) is 1.60. The number of carbonyl (C=O) groups excluding carboxylic acids is 2. The molecule has 3 rings (SSSR count). The molecule has 0 amide bonds. The van der Waals surface area contributed by atoms with Gasteiger partial charge in [-0.2, -0.15) is 0 Å². The maximum Gasteiger partial charge on any atom is 0.363 e. The van der Waals surface area contributed by atoms with E-state index in [-0.39, 0.29) is 24.8 Å². The molecule has 0 aliphatic carbocycles. The van der Waals surface area contributed by atoms with E-state index >= 15 is 0 Å². The summed E-state index contributed by atoms with van der Waals surface area (Å²) in [5.74, 6) is 0.0944. The minimum atomic E-state index is -0.523. The highest BCUT2D eigenvalue weighted by atomic mass is 16.6. The molecule has 2 aromatic carbocycles. The highest BCUT2D eigenvalue weighted by Gasteiger charge is 2.25. The quantitative estimate of drug-likeness (QED) is 0.528. The lowest BCUT2D eigenvalue weighted by Gasteiger charge is -2.10. The molecule has 0 aromatic heterocycles. The normalized spacial score (nSPS) is 14.4. The zero-order valence-electron chi connectivity index (χ0n) is 16.4. The summed E-state index contributed by atoms with van der Waals surface area (Å²) in [4.78, 5) is 28.0. The predicted octanol–water partition coefficient (Wildman–Crippen LogP) is 3.29. The number of esters is 2. The van der Waals surface area contributed by atoms with E-state index in [1.165, 1.54) is 7.11 Å². The molecule has 0 saturated heterocycles. The van der Waals surface area contributed by atoms with Crippen LogP contribution in [-0.2, 0) is 19.1 Å².